The molecular weight excluding hydrogens is 347 g/mol. The van der Waals surface area contributed by atoms with Crippen LogP contribution in [0.25, 0.3) is 0 Å². The number of halogens is 3. The van der Waals surface area contributed by atoms with Crippen molar-refractivity contribution in [2.45, 2.75) is 42.2 Å². The van der Waals surface area contributed by atoms with E-state index >= 15 is 0 Å². The zero-order valence-electron chi connectivity index (χ0n) is 13.8. The molecule has 0 atom stereocenters. The van der Waals surface area contributed by atoms with Gasteiger partial charge in [0, 0.05) is 28.4 Å². The molecule has 0 unspecified atom stereocenters. The SMILES string of the molecule is CCc1ccccc1Sc1ccc(N2CCCC2=O)cc1C(F)(F)F. The number of aryl methyl sites for hydroxylation is 1. The molecule has 0 N–H and O–H groups in total. The summed E-state index contributed by atoms with van der Waals surface area (Å²) < 4.78 is 40.7. The van der Waals surface area contributed by atoms with Gasteiger partial charge < -0.3 is 4.90 Å². The minimum atomic E-state index is -4.47. The van der Waals surface area contributed by atoms with Gasteiger partial charge in [-0.15, -0.1) is 0 Å². The van der Waals surface area contributed by atoms with Crippen molar-refractivity contribution in [2.75, 3.05) is 11.4 Å². The molecule has 1 saturated heterocycles. The molecule has 2 aromatic carbocycles. The minimum Gasteiger partial charge on any atom is -0.312 e. The topological polar surface area (TPSA) is 20.3 Å². The largest absolute Gasteiger partial charge is 0.417 e. The molecule has 0 saturated carbocycles. The Morgan fingerprint density at radius 3 is 2.52 bits per heavy atom. The van der Waals surface area contributed by atoms with Crippen molar-refractivity contribution in [2.24, 2.45) is 0 Å². The smallest absolute Gasteiger partial charge is 0.312 e. The van der Waals surface area contributed by atoms with E-state index in [1.165, 1.54) is 11.0 Å². The monoisotopic (exact) mass is 365 g/mol. The summed E-state index contributed by atoms with van der Waals surface area (Å²) in [6, 6.07) is 11.6. The number of carbonyl (C=O) groups excluding carboxylic acids is 1. The summed E-state index contributed by atoms with van der Waals surface area (Å²) in [4.78, 5) is 14.2. The van der Waals surface area contributed by atoms with Gasteiger partial charge in [0.2, 0.25) is 5.91 Å². The molecule has 0 spiro atoms. The number of hydrogen-bond acceptors (Lipinski definition) is 2. The molecule has 0 aliphatic carbocycles. The Morgan fingerprint density at radius 2 is 1.88 bits per heavy atom. The van der Waals surface area contributed by atoms with E-state index in [9.17, 15) is 18.0 Å². The van der Waals surface area contributed by atoms with E-state index in [2.05, 4.69) is 0 Å². The second kappa shape index (κ2) is 7.12. The van der Waals surface area contributed by atoms with Crippen molar-refractivity contribution in [1.82, 2.24) is 0 Å². The summed E-state index contributed by atoms with van der Waals surface area (Å²) in [6.45, 7) is 2.45. The first kappa shape index (κ1) is 17.9. The average Bonchev–Trinajstić information content (AvgIpc) is 3.01. The number of amides is 1. The van der Waals surface area contributed by atoms with Crippen molar-refractivity contribution < 1.29 is 18.0 Å². The highest BCUT2D eigenvalue weighted by Crippen LogP contribution is 2.42. The van der Waals surface area contributed by atoms with Gasteiger partial charge in [-0.3, -0.25) is 4.79 Å². The Morgan fingerprint density at radius 1 is 1.12 bits per heavy atom. The lowest BCUT2D eigenvalue weighted by atomic mass is 10.1. The van der Waals surface area contributed by atoms with Crippen LogP contribution in [-0.4, -0.2) is 12.5 Å². The first-order chi connectivity index (χ1) is 11.9. The van der Waals surface area contributed by atoms with Gasteiger partial charge in [-0.1, -0.05) is 36.9 Å². The third-order valence-corrected chi connectivity index (χ3v) is 5.42. The molecule has 1 heterocycles. The summed E-state index contributed by atoms with van der Waals surface area (Å²) in [5.74, 6) is -0.121. The van der Waals surface area contributed by atoms with Gasteiger partial charge in [0.15, 0.2) is 0 Å². The van der Waals surface area contributed by atoms with Gasteiger partial charge in [0.25, 0.3) is 0 Å². The molecule has 0 radical (unpaired) electrons. The maximum absolute atomic E-state index is 13.6. The molecule has 3 rings (SSSR count). The molecule has 1 fully saturated rings. The highest BCUT2D eigenvalue weighted by atomic mass is 32.2. The molecule has 6 heteroatoms. The highest BCUT2D eigenvalue weighted by Gasteiger charge is 2.35. The van der Waals surface area contributed by atoms with Gasteiger partial charge >= 0.3 is 6.18 Å². The van der Waals surface area contributed by atoms with Crippen molar-refractivity contribution >= 4 is 23.4 Å². The maximum atomic E-state index is 13.6. The second-order valence-electron chi connectivity index (χ2n) is 5.89. The van der Waals surface area contributed by atoms with Crippen molar-refractivity contribution in [1.29, 1.82) is 0 Å². The highest BCUT2D eigenvalue weighted by molar-refractivity contribution is 7.99. The van der Waals surface area contributed by atoms with Crippen LogP contribution in [0.2, 0.25) is 0 Å². The van der Waals surface area contributed by atoms with Crippen LogP contribution in [0.1, 0.15) is 30.9 Å². The fourth-order valence-corrected chi connectivity index (χ4v) is 4.08. The van der Waals surface area contributed by atoms with E-state index in [1.54, 1.807) is 6.07 Å². The molecule has 132 valence electrons. The molecule has 1 aliphatic heterocycles. The number of benzene rings is 2. The van der Waals surface area contributed by atoms with E-state index < -0.39 is 11.7 Å². The number of rotatable bonds is 4. The van der Waals surface area contributed by atoms with Crippen LogP contribution in [0.5, 0.6) is 0 Å². The summed E-state index contributed by atoms with van der Waals surface area (Å²) in [7, 11) is 0. The fraction of sp³-hybridized carbons (Fsp3) is 0.316. The number of alkyl halides is 3. The quantitative estimate of drug-likeness (QED) is 0.708. The van der Waals surface area contributed by atoms with Crippen LogP contribution in [0.15, 0.2) is 52.3 Å². The van der Waals surface area contributed by atoms with E-state index in [1.807, 2.05) is 31.2 Å². The number of hydrogen-bond donors (Lipinski definition) is 0. The van der Waals surface area contributed by atoms with Crippen LogP contribution in [0, 0.1) is 0 Å². The average molecular weight is 365 g/mol. The van der Waals surface area contributed by atoms with Gasteiger partial charge in [-0.25, -0.2) is 0 Å². The Balaban J connectivity index is 2.00. The lowest BCUT2D eigenvalue weighted by Gasteiger charge is -2.20. The molecular formula is C19H18F3NOS. The molecule has 2 nitrogen and oxygen atoms in total. The first-order valence-corrected chi connectivity index (χ1v) is 8.99. The van der Waals surface area contributed by atoms with Crippen LogP contribution in [0.4, 0.5) is 18.9 Å². The maximum Gasteiger partial charge on any atom is 0.417 e. The molecule has 25 heavy (non-hydrogen) atoms. The second-order valence-corrected chi connectivity index (χ2v) is 6.97. The van der Waals surface area contributed by atoms with E-state index in [-0.39, 0.29) is 10.8 Å². The zero-order chi connectivity index (χ0) is 18.0. The van der Waals surface area contributed by atoms with Crippen LogP contribution in [0.3, 0.4) is 0 Å². The fourth-order valence-electron chi connectivity index (χ4n) is 2.93. The van der Waals surface area contributed by atoms with Crippen LogP contribution in [-0.2, 0) is 17.4 Å². The Labute approximate surface area is 149 Å². The summed E-state index contributed by atoms with van der Waals surface area (Å²) in [5, 5.41) is 0. The van der Waals surface area contributed by atoms with E-state index in [0.717, 1.165) is 34.7 Å². The normalized spacial score (nSPS) is 15.0. The first-order valence-electron chi connectivity index (χ1n) is 8.17. The van der Waals surface area contributed by atoms with E-state index in [4.69, 9.17) is 0 Å². The van der Waals surface area contributed by atoms with Gasteiger partial charge in [-0.05, 0) is 42.7 Å². The van der Waals surface area contributed by atoms with Crippen molar-refractivity contribution in [3.05, 3.63) is 53.6 Å². The molecule has 1 aliphatic rings. The third kappa shape index (κ3) is 3.84. The van der Waals surface area contributed by atoms with Gasteiger partial charge in [0.1, 0.15) is 0 Å². The number of anilines is 1. The minimum absolute atomic E-state index is 0.121. The summed E-state index contributed by atoms with van der Waals surface area (Å²) in [5.41, 5.74) is 0.642. The Kier molecular flexibility index (Phi) is 5.08. The van der Waals surface area contributed by atoms with Crippen LogP contribution >= 0.6 is 11.8 Å². The van der Waals surface area contributed by atoms with Crippen LogP contribution < -0.4 is 4.90 Å². The molecule has 0 bridgehead atoms. The Bertz CT molecular complexity index is 788. The van der Waals surface area contributed by atoms with Crippen molar-refractivity contribution in [3.8, 4) is 0 Å². The molecule has 1 amide bonds. The summed E-state index contributed by atoms with van der Waals surface area (Å²) in [6.07, 6.45) is -2.64. The lowest BCUT2D eigenvalue weighted by molar-refractivity contribution is -0.139. The number of carbonyl (C=O) groups is 1. The zero-order valence-corrected chi connectivity index (χ0v) is 14.6. The third-order valence-electron chi connectivity index (χ3n) is 4.23. The Hall–Kier alpha value is -1.95. The lowest BCUT2D eigenvalue weighted by Crippen LogP contribution is -2.24. The standard InChI is InChI=1S/C19H18F3NOS/c1-2-13-6-3-4-7-16(13)25-17-10-9-14(12-15(17)19(20,21)22)23-11-5-8-18(23)24/h3-4,6-7,9-10,12H,2,5,8,11H2,1H3. The predicted octanol–water partition coefficient (Wildman–Crippen LogP) is 5.55. The van der Waals surface area contributed by atoms with Crippen molar-refractivity contribution in [3.63, 3.8) is 0 Å². The van der Waals surface area contributed by atoms with E-state index in [0.29, 0.717) is 25.1 Å². The number of nitrogens with zero attached hydrogens (tertiary/aromatic N) is 1. The van der Waals surface area contributed by atoms with Gasteiger partial charge in [0.05, 0.1) is 5.56 Å². The summed E-state index contributed by atoms with van der Waals surface area (Å²) >= 11 is 1.12. The van der Waals surface area contributed by atoms with Gasteiger partial charge in [-0.2, -0.15) is 13.2 Å². The predicted molar refractivity (Wildman–Crippen MR) is 93.0 cm³/mol. The molecule has 2 aromatic rings. The molecule has 0 aromatic heterocycles.